The van der Waals surface area contributed by atoms with Crippen molar-refractivity contribution in [3.05, 3.63) is 376 Å². The molecule has 0 amide bonds. The van der Waals surface area contributed by atoms with Crippen LogP contribution in [0.2, 0.25) is 0 Å². The zero-order valence-corrected chi connectivity index (χ0v) is 55.6. The Morgan fingerprint density at radius 2 is 0.490 bits per heavy atom. The van der Waals surface area contributed by atoms with Crippen molar-refractivity contribution >= 4 is 123 Å². The van der Waals surface area contributed by atoms with Gasteiger partial charge in [-0.2, -0.15) is 0 Å². The van der Waals surface area contributed by atoms with Crippen LogP contribution in [0.1, 0.15) is 0 Å². The molecule has 3 aromatic heterocycles. The van der Waals surface area contributed by atoms with Crippen LogP contribution in [-0.2, 0) is 0 Å². The van der Waals surface area contributed by atoms with Gasteiger partial charge < -0.3 is 23.5 Å². The molecule has 0 saturated heterocycles. The summed E-state index contributed by atoms with van der Waals surface area (Å²) < 4.78 is 7.41. The fourth-order valence-corrected chi connectivity index (χ4v) is 17.3. The Labute approximate surface area is 591 Å². The van der Waals surface area contributed by atoms with Crippen molar-refractivity contribution in [3.63, 3.8) is 0 Å². The highest BCUT2D eigenvalue weighted by molar-refractivity contribution is 7.00. The van der Waals surface area contributed by atoms with Crippen molar-refractivity contribution < 1.29 is 0 Å². The quantitative estimate of drug-likeness (QED) is 0.127. The molecule has 2 aliphatic heterocycles. The summed E-state index contributed by atoms with van der Waals surface area (Å²) in [6.45, 7) is -0.299. The maximum atomic E-state index is 2.70. The van der Waals surface area contributed by atoms with Gasteiger partial charge in [0.1, 0.15) is 0 Å². The van der Waals surface area contributed by atoms with E-state index in [0.717, 1.165) is 134 Å². The first-order valence-corrected chi connectivity index (χ1v) is 35.3. The molecule has 0 fully saturated rings. The molecule has 0 atom stereocenters. The number of anilines is 6. The zero-order chi connectivity index (χ0) is 66.9. The Bertz CT molecular complexity index is 6110. The first-order valence-electron chi connectivity index (χ1n) is 35.3. The molecular weight excluding hydrogens is 1230 g/mol. The number of aromatic nitrogens is 3. The molecule has 6 heteroatoms. The minimum atomic E-state index is -0.299. The third-order valence-corrected chi connectivity index (χ3v) is 21.6. The van der Waals surface area contributed by atoms with Crippen LogP contribution in [0, 0.1) is 0 Å². The molecule has 0 radical (unpaired) electrons. The lowest BCUT2D eigenvalue weighted by Crippen LogP contribution is -2.61. The highest BCUT2D eigenvalue weighted by Gasteiger charge is 2.46. The lowest BCUT2D eigenvalue weighted by molar-refractivity contribution is 1.17. The normalized spacial score (nSPS) is 12.5. The predicted molar refractivity (Wildman–Crippen MR) is 431 cm³/mol. The summed E-state index contributed by atoms with van der Waals surface area (Å²) in [5.41, 5.74) is 31.8. The van der Waals surface area contributed by atoms with Gasteiger partial charge in [0.25, 0.3) is 6.71 Å². The maximum absolute atomic E-state index is 2.70. The zero-order valence-electron chi connectivity index (χ0n) is 55.6. The van der Waals surface area contributed by atoms with Crippen molar-refractivity contribution in [3.8, 4) is 72.7 Å². The van der Waals surface area contributed by atoms with E-state index in [2.05, 4.69) is 400 Å². The Morgan fingerprint density at radius 1 is 0.186 bits per heavy atom. The first kappa shape index (κ1) is 57.6. The van der Waals surface area contributed by atoms with Gasteiger partial charge in [-0.25, -0.2) is 0 Å². The number of benzene rings is 16. The summed E-state index contributed by atoms with van der Waals surface area (Å²) in [5.74, 6) is 0. The standard InChI is InChI=1S/C96H62BN5/c1-8-30-63(31-9-1)72-47-28-48-73(64-32-10-2-11-33-64)95(72)101-90-61-88-80(77-45-23-26-52-85(77)99(88)70-40-18-6-19-41-70)59-82(90)97-83-60-81-78-46-24-27-53-86(78)100(71-42-20-7-21-43-71)89(81)62-91(83)102(96-74(65-34-12-3-13-35-65)49-29-50-75(96)66-36-14-4-15-37-66)93-58-68(57-92(101)94(93)97)67-54-55-87-79(56-67)76-44-22-25-51-84(76)98(87)69-38-16-5-17-39-69/h1-62H. The van der Waals surface area contributed by atoms with Crippen molar-refractivity contribution in [2.75, 3.05) is 9.80 Å². The van der Waals surface area contributed by atoms with E-state index in [1.165, 1.54) is 54.2 Å². The summed E-state index contributed by atoms with van der Waals surface area (Å²) >= 11 is 0. The molecule has 474 valence electrons. The van der Waals surface area contributed by atoms with Crippen LogP contribution in [0.5, 0.6) is 0 Å². The van der Waals surface area contributed by atoms with Crippen LogP contribution in [0.15, 0.2) is 376 Å². The van der Waals surface area contributed by atoms with Gasteiger partial charge >= 0.3 is 0 Å². The number of nitrogens with zero attached hydrogens (tertiary/aromatic N) is 5. The Kier molecular flexibility index (Phi) is 13.1. The van der Waals surface area contributed by atoms with Crippen LogP contribution in [0.3, 0.4) is 0 Å². The Balaban J connectivity index is 0.979. The smallest absolute Gasteiger partial charge is 0.252 e. The van der Waals surface area contributed by atoms with Crippen LogP contribution in [-0.4, -0.2) is 20.4 Å². The molecular formula is C96H62BN5. The molecule has 5 heterocycles. The third kappa shape index (κ3) is 8.79. The van der Waals surface area contributed by atoms with Gasteiger partial charge in [0, 0.05) is 94.4 Å². The van der Waals surface area contributed by atoms with Gasteiger partial charge in [0.05, 0.1) is 44.5 Å². The van der Waals surface area contributed by atoms with E-state index in [1.807, 2.05) is 0 Å². The van der Waals surface area contributed by atoms with Gasteiger partial charge in [-0.05, 0) is 141 Å². The van der Waals surface area contributed by atoms with E-state index in [0.29, 0.717) is 0 Å². The average molecular weight is 1300 g/mol. The van der Waals surface area contributed by atoms with Crippen molar-refractivity contribution in [2.24, 2.45) is 0 Å². The van der Waals surface area contributed by atoms with E-state index >= 15 is 0 Å². The van der Waals surface area contributed by atoms with Crippen molar-refractivity contribution in [1.29, 1.82) is 0 Å². The number of hydrogen-bond donors (Lipinski definition) is 0. The number of fused-ring (bicyclic) bond motifs is 13. The van der Waals surface area contributed by atoms with Gasteiger partial charge in [-0.1, -0.05) is 285 Å². The lowest BCUT2D eigenvalue weighted by atomic mass is 9.33. The summed E-state index contributed by atoms with van der Waals surface area (Å²) in [6, 6.07) is 140. The SMILES string of the molecule is c1ccc(-c2cccc(-c3ccccc3)c2N2c3cc4c(cc3B3c5cc6c7ccccc7n(-c7ccccc7)c6cc5N(c5c(-c6ccccc6)cccc5-c5ccccc5)c5cc(-c6ccc7c(c6)c6ccccc6n7-c6ccccc6)cc2c53)c2ccccc2n4-c2ccccc2)cc1. The van der Waals surface area contributed by atoms with Crippen molar-refractivity contribution in [2.45, 2.75) is 0 Å². The monoisotopic (exact) mass is 1300 g/mol. The van der Waals surface area contributed by atoms with Crippen LogP contribution >= 0.6 is 0 Å². The van der Waals surface area contributed by atoms with Gasteiger partial charge in [-0.15, -0.1) is 0 Å². The predicted octanol–water partition coefficient (Wildman–Crippen LogP) is 23.4. The topological polar surface area (TPSA) is 21.3 Å². The van der Waals surface area contributed by atoms with E-state index in [9.17, 15) is 0 Å². The Morgan fingerprint density at radius 3 is 0.853 bits per heavy atom. The van der Waals surface area contributed by atoms with Gasteiger partial charge in [-0.3, -0.25) is 0 Å². The molecule has 21 rings (SSSR count). The van der Waals surface area contributed by atoms with Crippen LogP contribution < -0.4 is 26.2 Å². The van der Waals surface area contributed by atoms with E-state index in [4.69, 9.17) is 0 Å². The highest BCUT2D eigenvalue weighted by atomic mass is 15.2. The highest BCUT2D eigenvalue weighted by Crippen LogP contribution is 2.55. The lowest BCUT2D eigenvalue weighted by Gasteiger charge is -2.46. The fraction of sp³-hybridized carbons (Fsp3) is 0. The Hall–Kier alpha value is -13.4. The molecule has 2 aliphatic rings. The average Bonchev–Trinajstić information content (AvgIpc) is 1.05. The number of rotatable bonds is 10. The minimum absolute atomic E-state index is 0.299. The third-order valence-electron chi connectivity index (χ3n) is 21.6. The molecule has 0 aliphatic carbocycles. The number of hydrogen-bond acceptors (Lipinski definition) is 2. The summed E-state index contributed by atoms with van der Waals surface area (Å²) in [6.07, 6.45) is 0. The molecule has 16 aromatic carbocycles. The molecule has 0 spiro atoms. The van der Waals surface area contributed by atoms with Crippen LogP contribution in [0.4, 0.5) is 34.1 Å². The largest absolute Gasteiger partial charge is 0.310 e. The fourth-order valence-electron chi connectivity index (χ4n) is 17.3. The second kappa shape index (κ2) is 23.1. The molecule has 19 aromatic rings. The summed E-state index contributed by atoms with van der Waals surface area (Å²) in [5, 5.41) is 7.19. The second-order valence-electron chi connectivity index (χ2n) is 27.1. The van der Waals surface area contributed by atoms with E-state index in [-0.39, 0.29) is 6.71 Å². The molecule has 102 heavy (non-hydrogen) atoms. The van der Waals surface area contributed by atoms with E-state index in [1.54, 1.807) is 0 Å². The molecule has 0 unspecified atom stereocenters. The maximum Gasteiger partial charge on any atom is 0.252 e. The first-order chi connectivity index (χ1) is 50.7. The number of para-hydroxylation sites is 8. The van der Waals surface area contributed by atoms with Crippen LogP contribution in [0.25, 0.3) is 138 Å². The van der Waals surface area contributed by atoms with Gasteiger partial charge in [0.15, 0.2) is 0 Å². The minimum Gasteiger partial charge on any atom is -0.310 e. The summed E-state index contributed by atoms with van der Waals surface area (Å²) in [4.78, 5) is 5.41. The molecule has 0 saturated carbocycles. The van der Waals surface area contributed by atoms with Crippen molar-refractivity contribution in [1.82, 2.24) is 13.7 Å². The molecule has 5 nitrogen and oxygen atoms in total. The second-order valence-corrected chi connectivity index (χ2v) is 27.1. The molecule has 0 bridgehead atoms. The summed E-state index contributed by atoms with van der Waals surface area (Å²) in [7, 11) is 0. The van der Waals surface area contributed by atoms with E-state index < -0.39 is 0 Å². The van der Waals surface area contributed by atoms with Gasteiger partial charge in [0.2, 0.25) is 0 Å². The molecule has 0 N–H and O–H groups in total.